The summed E-state index contributed by atoms with van der Waals surface area (Å²) in [6.45, 7) is 3.64. The molecule has 0 aliphatic carbocycles. The summed E-state index contributed by atoms with van der Waals surface area (Å²) in [5.41, 5.74) is 0.911. The van der Waals surface area contributed by atoms with E-state index in [1.54, 1.807) is 38.1 Å². The number of anilines is 1. The van der Waals surface area contributed by atoms with Crippen molar-refractivity contribution in [2.24, 2.45) is 0 Å². The molecule has 0 aromatic heterocycles. The van der Waals surface area contributed by atoms with E-state index in [0.717, 1.165) is 0 Å². The van der Waals surface area contributed by atoms with Crippen molar-refractivity contribution in [2.45, 2.75) is 18.7 Å². The Morgan fingerprint density at radius 3 is 2.39 bits per heavy atom. The molecule has 0 radical (unpaired) electrons. The van der Waals surface area contributed by atoms with Gasteiger partial charge in [-0.1, -0.05) is 19.9 Å². The molecule has 10 heteroatoms. The van der Waals surface area contributed by atoms with Crippen LogP contribution in [-0.2, 0) is 24.3 Å². The highest BCUT2D eigenvalue weighted by Gasteiger charge is 2.21. The van der Waals surface area contributed by atoms with Crippen LogP contribution >= 0.6 is 0 Å². The Labute approximate surface area is 194 Å². The number of esters is 1. The fourth-order valence-corrected chi connectivity index (χ4v) is 4.45. The first-order valence-corrected chi connectivity index (χ1v) is 11.7. The fourth-order valence-electron chi connectivity index (χ4n) is 2.94. The molecule has 2 aromatic rings. The topological polar surface area (TPSA) is 111 Å². The van der Waals surface area contributed by atoms with Gasteiger partial charge in [0.2, 0.25) is 10.0 Å². The molecule has 2 rings (SSSR count). The second kappa shape index (κ2) is 12.0. The normalized spacial score (nSPS) is 11.4. The molecule has 178 valence electrons. The van der Waals surface area contributed by atoms with Crippen LogP contribution < -0.4 is 14.8 Å². The lowest BCUT2D eigenvalue weighted by Gasteiger charge is -2.18. The Morgan fingerprint density at radius 2 is 1.76 bits per heavy atom. The standard InChI is InChI=1S/C23H28N2O7S/c1-5-25(6-2)33(28,29)20-9-7-8-18(14-20)24-22(26)16-32-23(27)13-11-17-10-12-19(30-3)15-21(17)31-4/h7-15H,5-6,16H2,1-4H3,(H,24,26)/b13-11+. The number of benzene rings is 2. The molecule has 0 aliphatic heterocycles. The van der Waals surface area contributed by atoms with Crippen LogP contribution in [-0.4, -0.2) is 58.5 Å². The molecule has 9 nitrogen and oxygen atoms in total. The van der Waals surface area contributed by atoms with Crippen LogP contribution in [0.5, 0.6) is 11.5 Å². The summed E-state index contributed by atoms with van der Waals surface area (Å²) in [4.78, 5) is 24.2. The van der Waals surface area contributed by atoms with Crippen molar-refractivity contribution in [2.75, 3.05) is 39.2 Å². The zero-order chi connectivity index (χ0) is 24.4. The number of methoxy groups -OCH3 is 2. The third-order valence-electron chi connectivity index (χ3n) is 4.65. The highest BCUT2D eigenvalue weighted by Crippen LogP contribution is 2.25. The van der Waals surface area contributed by atoms with E-state index < -0.39 is 28.5 Å². The molecule has 0 atom stereocenters. The third kappa shape index (κ3) is 7.06. The predicted molar refractivity (Wildman–Crippen MR) is 125 cm³/mol. The van der Waals surface area contributed by atoms with E-state index in [9.17, 15) is 18.0 Å². The molecule has 2 aromatic carbocycles. The van der Waals surface area contributed by atoms with E-state index in [4.69, 9.17) is 14.2 Å². The quantitative estimate of drug-likeness (QED) is 0.392. The highest BCUT2D eigenvalue weighted by molar-refractivity contribution is 7.89. The van der Waals surface area contributed by atoms with Crippen LogP contribution in [0.3, 0.4) is 0 Å². The number of ether oxygens (including phenoxy) is 3. The molecule has 1 N–H and O–H groups in total. The van der Waals surface area contributed by atoms with Crippen LogP contribution in [0, 0.1) is 0 Å². The van der Waals surface area contributed by atoms with E-state index in [-0.39, 0.29) is 10.6 Å². The van der Waals surface area contributed by atoms with Crippen molar-refractivity contribution in [3.63, 3.8) is 0 Å². The molecule has 0 unspecified atom stereocenters. The molecular formula is C23H28N2O7S. The Hall–Kier alpha value is -3.37. The number of hydrogen-bond donors (Lipinski definition) is 1. The Balaban J connectivity index is 1.97. The summed E-state index contributed by atoms with van der Waals surface area (Å²) >= 11 is 0. The maximum absolute atomic E-state index is 12.6. The number of sulfonamides is 1. The second-order valence-electron chi connectivity index (χ2n) is 6.71. The molecule has 0 saturated carbocycles. The van der Waals surface area contributed by atoms with E-state index in [1.807, 2.05) is 0 Å². The van der Waals surface area contributed by atoms with E-state index in [0.29, 0.717) is 30.2 Å². The summed E-state index contributed by atoms with van der Waals surface area (Å²) in [5.74, 6) is -0.204. The lowest BCUT2D eigenvalue weighted by atomic mass is 10.2. The molecule has 33 heavy (non-hydrogen) atoms. The lowest BCUT2D eigenvalue weighted by molar-refractivity contribution is -0.142. The van der Waals surface area contributed by atoms with E-state index in [2.05, 4.69) is 5.32 Å². The van der Waals surface area contributed by atoms with Crippen molar-refractivity contribution < 1.29 is 32.2 Å². The molecule has 0 spiro atoms. The lowest BCUT2D eigenvalue weighted by Crippen LogP contribution is -2.30. The number of carbonyl (C=O) groups excluding carboxylic acids is 2. The Morgan fingerprint density at radius 1 is 1.03 bits per heavy atom. The van der Waals surface area contributed by atoms with Crippen molar-refractivity contribution in [3.8, 4) is 11.5 Å². The largest absolute Gasteiger partial charge is 0.497 e. The van der Waals surface area contributed by atoms with Crippen molar-refractivity contribution in [1.82, 2.24) is 4.31 Å². The summed E-state index contributed by atoms with van der Waals surface area (Å²) in [7, 11) is -0.628. The summed E-state index contributed by atoms with van der Waals surface area (Å²) < 4.78 is 41.9. The SMILES string of the molecule is CCN(CC)S(=O)(=O)c1cccc(NC(=O)COC(=O)/C=C/c2ccc(OC)cc2OC)c1. The van der Waals surface area contributed by atoms with Gasteiger partial charge in [0, 0.05) is 36.5 Å². The zero-order valence-corrected chi connectivity index (χ0v) is 19.8. The number of rotatable bonds is 11. The van der Waals surface area contributed by atoms with Gasteiger partial charge in [-0.2, -0.15) is 4.31 Å². The number of nitrogens with zero attached hydrogens (tertiary/aromatic N) is 1. The van der Waals surface area contributed by atoms with Gasteiger partial charge in [0.25, 0.3) is 5.91 Å². The Kier molecular flexibility index (Phi) is 9.43. The summed E-state index contributed by atoms with van der Waals surface area (Å²) in [6, 6.07) is 11.0. The molecule has 1 amide bonds. The first kappa shape index (κ1) is 25.9. The van der Waals surface area contributed by atoms with Gasteiger partial charge in [0.1, 0.15) is 11.5 Å². The number of carbonyl (C=O) groups is 2. The predicted octanol–water partition coefficient (Wildman–Crippen LogP) is 2.93. The van der Waals surface area contributed by atoms with Gasteiger partial charge >= 0.3 is 5.97 Å². The summed E-state index contributed by atoms with van der Waals surface area (Å²) in [5, 5.41) is 2.53. The van der Waals surface area contributed by atoms with Crippen molar-refractivity contribution >= 4 is 33.7 Å². The molecule has 0 fully saturated rings. The van der Waals surface area contributed by atoms with Gasteiger partial charge in [-0.15, -0.1) is 0 Å². The van der Waals surface area contributed by atoms with Gasteiger partial charge in [-0.25, -0.2) is 13.2 Å². The molecule has 0 saturated heterocycles. The minimum absolute atomic E-state index is 0.0670. The maximum atomic E-state index is 12.6. The second-order valence-corrected chi connectivity index (χ2v) is 8.65. The van der Waals surface area contributed by atoms with Crippen LogP contribution in [0.15, 0.2) is 53.4 Å². The zero-order valence-electron chi connectivity index (χ0n) is 19.0. The van der Waals surface area contributed by atoms with Crippen molar-refractivity contribution in [3.05, 3.63) is 54.1 Å². The van der Waals surface area contributed by atoms with Gasteiger partial charge in [-0.05, 0) is 36.4 Å². The van der Waals surface area contributed by atoms with Gasteiger partial charge in [-0.3, -0.25) is 4.79 Å². The fraction of sp³-hybridized carbons (Fsp3) is 0.304. The minimum Gasteiger partial charge on any atom is -0.497 e. The first-order chi connectivity index (χ1) is 15.7. The number of amides is 1. The van der Waals surface area contributed by atoms with Gasteiger partial charge < -0.3 is 19.5 Å². The molecule has 0 bridgehead atoms. The number of nitrogens with one attached hydrogen (secondary N) is 1. The van der Waals surface area contributed by atoms with Gasteiger partial charge in [0.05, 0.1) is 19.1 Å². The van der Waals surface area contributed by atoms with Crippen LogP contribution in [0.2, 0.25) is 0 Å². The first-order valence-electron chi connectivity index (χ1n) is 10.2. The monoisotopic (exact) mass is 476 g/mol. The van der Waals surface area contributed by atoms with Crippen molar-refractivity contribution in [1.29, 1.82) is 0 Å². The smallest absolute Gasteiger partial charge is 0.331 e. The van der Waals surface area contributed by atoms with E-state index >= 15 is 0 Å². The van der Waals surface area contributed by atoms with Crippen LogP contribution in [0.1, 0.15) is 19.4 Å². The average Bonchev–Trinajstić information content (AvgIpc) is 2.82. The average molecular weight is 477 g/mol. The number of hydrogen-bond acceptors (Lipinski definition) is 7. The van der Waals surface area contributed by atoms with E-state index in [1.165, 1.54) is 48.9 Å². The Bertz CT molecular complexity index is 1110. The highest BCUT2D eigenvalue weighted by atomic mass is 32.2. The molecular weight excluding hydrogens is 448 g/mol. The third-order valence-corrected chi connectivity index (χ3v) is 6.69. The van der Waals surface area contributed by atoms with Gasteiger partial charge in [0.15, 0.2) is 6.61 Å². The van der Waals surface area contributed by atoms with Crippen LogP contribution in [0.4, 0.5) is 5.69 Å². The molecule has 0 heterocycles. The van der Waals surface area contributed by atoms with Crippen LogP contribution in [0.25, 0.3) is 6.08 Å². The molecule has 0 aliphatic rings. The maximum Gasteiger partial charge on any atom is 0.331 e. The summed E-state index contributed by atoms with van der Waals surface area (Å²) in [6.07, 6.45) is 2.68. The minimum atomic E-state index is -3.66.